The van der Waals surface area contributed by atoms with Gasteiger partial charge in [-0.05, 0) is 25.1 Å². The number of nitrogens with one attached hydrogen (secondary N) is 2. The molecule has 3 N–H and O–H groups in total. The SMILES string of the molecule is C[C@H](NC(=O)c1ccc2c(c1)NC(=O)CCN2C)C(=O)O. The first-order valence-electron chi connectivity index (χ1n) is 6.57. The molecule has 0 aromatic heterocycles. The zero-order valence-corrected chi connectivity index (χ0v) is 11.8. The van der Waals surface area contributed by atoms with Gasteiger partial charge in [0.1, 0.15) is 6.04 Å². The van der Waals surface area contributed by atoms with Gasteiger partial charge in [-0.25, -0.2) is 0 Å². The van der Waals surface area contributed by atoms with Crippen molar-refractivity contribution in [2.24, 2.45) is 0 Å². The van der Waals surface area contributed by atoms with Crippen molar-refractivity contribution in [3.05, 3.63) is 23.8 Å². The van der Waals surface area contributed by atoms with Crippen LogP contribution in [0, 0.1) is 0 Å². The molecule has 1 aliphatic rings. The highest BCUT2D eigenvalue weighted by Gasteiger charge is 2.20. The maximum Gasteiger partial charge on any atom is 0.325 e. The fourth-order valence-corrected chi connectivity index (χ4v) is 2.05. The summed E-state index contributed by atoms with van der Waals surface area (Å²) >= 11 is 0. The number of hydrogen-bond acceptors (Lipinski definition) is 4. The van der Waals surface area contributed by atoms with E-state index in [2.05, 4.69) is 10.6 Å². The van der Waals surface area contributed by atoms with E-state index in [1.807, 2.05) is 11.9 Å². The van der Waals surface area contributed by atoms with Crippen molar-refractivity contribution in [1.29, 1.82) is 0 Å². The molecule has 0 spiro atoms. The van der Waals surface area contributed by atoms with Crippen molar-refractivity contribution in [1.82, 2.24) is 5.32 Å². The number of anilines is 2. The summed E-state index contributed by atoms with van der Waals surface area (Å²) < 4.78 is 0. The van der Waals surface area contributed by atoms with Gasteiger partial charge in [0, 0.05) is 25.6 Å². The van der Waals surface area contributed by atoms with Crippen molar-refractivity contribution >= 4 is 29.2 Å². The van der Waals surface area contributed by atoms with Crippen LogP contribution in [0.25, 0.3) is 0 Å². The summed E-state index contributed by atoms with van der Waals surface area (Å²) in [5, 5.41) is 13.9. The maximum absolute atomic E-state index is 12.0. The average Bonchev–Trinajstić information content (AvgIpc) is 2.57. The molecule has 21 heavy (non-hydrogen) atoms. The van der Waals surface area contributed by atoms with Gasteiger partial charge in [0.25, 0.3) is 5.91 Å². The predicted octanol–water partition coefficient (Wildman–Crippen LogP) is 0.668. The van der Waals surface area contributed by atoms with Gasteiger partial charge in [-0.1, -0.05) is 0 Å². The molecule has 1 aliphatic heterocycles. The first-order valence-corrected chi connectivity index (χ1v) is 6.57. The van der Waals surface area contributed by atoms with Crippen LogP contribution < -0.4 is 15.5 Å². The zero-order valence-electron chi connectivity index (χ0n) is 11.8. The minimum atomic E-state index is -1.11. The molecule has 2 amide bonds. The van der Waals surface area contributed by atoms with E-state index in [4.69, 9.17) is 5.11 Å². The molecular formula is C14H17N3O4. The highest BCUT2D eigenvalue weighted by Crippen LogP contribution is 2.28. The zero-order chi connectivity index (χ0) is 15.6. The van der Waals surface area contributed by atoms with E-state index in [-0.39, 0.29) is 5.91 Å². The van der Waals surface area contributed by atoms with Crippen LogP contribution in [-0.2, 0) is 9.59 Å². The topological polar surface area (TPSA) is 98.7 Å². The van der Waals surface area contributed by atoms with Crippen LogP contribution in [0.1, 0.15) is 23.7 Å². The Morgan fingerprint density at radius 2 is 2.14 bits per heavy atom. The number of amides is 2. The molecule has 0 saturated carbocycles. The Labute approximate surface area is 121 Å². The normalized spacial score (nSPS) is 15.5. The smallest absolute Gasteiger partial charge is 0.325 e. The molecular weight excluding hydrogens is 274 g/mol. The minimum Gasteiger partial charge on any atom is -0.480 e. The lowest BCUT2D eigenvalue weighted by atomic mass is 10.1. The van der Waals surface area contributed by atoms with Crippen LogP contribution in [0.15, 0.2) is 18.2 Å². The fourth-order valence-electron chi connectivity index (χ4n) is 2.05. The van der Waals surface area contributed by atoms with Crippen LogP contribution >= 0.6 is 0 Å². The molecule has 0 radical (unpaired) electrons. The number of carbonyl (C=O) groups is 3. The van der Waals surface area contributed by atoms with E-state index in [1.54, 1.807) is 18.2 Å². The number of rotatable bonds is 3. The molecule has 7 heteroatoms. The van der Waals surface area contributed by atoms with E-state index >= 15 is 0 Å². The number of hydrogen-bond donors (Lipinski definition) is 3. The molecule has 1 aromatic carbocycles. The highest BCUT2D eigenvalue weighted by atomic mass is 16.4. The molecule has 1 aromatic rings. The van der Waals surface area contributed by atoms with E-state index in [9.17, 15) is 14.4 Å². The average molecular weight is 291 g/mol. The second-order valence-corrected chi connectivity index (χ2v) is 4.99. The number of carbonyl (C=O) groups excluding carboxylic acids is 2. The van der Waals surface area contributed by atoms with Crippen molar-refractivity contribution in [2.75, 3.05) is 23.8 Å². The number of carboxylic acid groups (broad SMARTS) is 1. The number of fused-ring (bicyclic) bond motifs is 1. The van der Waals surface area contributed by atoms with Gasteiger partial charge in [0.15, 0.2) is 0 Å². The van der Waals surface area contributed by atoms with Crippen LogP contribution in [0.4, 0.5) is 11.4 Å². The molecule has 0 saturated heterocycles. The van der Waals surface area contributed by atoms with Gasteiger partial charge >= 0.3 is 5.97 Å². The van der Waals surface area contributed by atoms with Gasteiger partial charge in [-0.2, -0.15) is 0 Å². The third kappa shape index (κ3) is 3.31. The van der Waals surface area contributed by atoms with Gasteiger partial charge < -0.3 is 20.6 Å². The van der Waals surface area contributed by atoms with Crippen LogP contribution in [0.3, 0.4) is 0 Å². The quantitative estimate of drug-likeness (QED) is 0.760. The molecule has 1 heterocycles. The summed E-state index contributed by atoms with van der Waals surface area (Å²) in [6.07, 6.45) is 0.378. The van der Waals surface area contributed by atoms with Crippen molar-refractivity contribution < 1.29 is 19.5 Å². The van der Waals surface area contributed by atoms with E-state index < -0.39 is 17.9 Å². The highest BCUT2D eigenvalue weighted by molar-refractivity contribution is 6.01. The van der Waals surface area contributed by atoms with E-state index in [1.165, 1.54) is 6.92 Å². The summed E-state index contributed by atoms with van der Waals surface area (Å²) in [7, 11) is 1.87. The Bertz CT molecular complexity index is 600. The Morgan fingerprint density at radius 1 is 1.43 bits per heavy atom. The van der Waals surface area contributed by atoms with Crippen LogP contribution in [-0.4, -0.2) is 42.5 Å². The van der Waals surface area contributed by atoms with Gasteiger partial charge in [0.2, 0.25) is 5.91 Å². The van der Waals surface area contributed by atoms with Crippen LogP contribution in [0.2, 0.25) is 0 Å². The molecule has 2 rings (SSSR count). The lowest BCUT2D eigenvalue weighted by molar-refractivity contribution is -0.138. The summed E-state index contributed by atoms with van der Waals surface area (Å²) in [6.45, 7) is 1.99. The van der Waals surface area contributed by atoms with Crippen molar-refractivity contribution in [3.8, 4) is 0 Å². The van der Waals surface area contributed by atoms with Gasteiger partial charge in [-0.3, -0.25) is 14.4 Å². The Morgan fingerprint density at radius 3 is 2.81 bits per heavy atom. The van der Waals surface area contributed by atoms with E-state index in [0.29, 0.717) is 24.2 Å². The monoisotopic (exact) mass is 291 g/mol. The number of carboxylic acids is 1. The third-order valence-electron chi connectivity index (χ3n) is 3.34. The first-order chi connectivity index (χ1) is 9.88. The number of nitrogens with zero attached hydrogens (tertiary/aromatic N) is 1. The second kappa shape index (κ2) is 5.82. The van der Waals surface area contributed by atoms with Crippen molar-refractivity contribution in [2.45, 2.75) is 19.4 Å². The second-order valence-electron chi connectivity index (χ2n) is 4.99. The van der Waals surface area contributed by atoms with Gasteiger partial charge in [-0.15, -0.1) is 0 Å². The summed E-state index contributed by atoms with van der Waals surface area (Å²) in [6, 6.07) is 3.92. The summed E-state index contributed by atoms with van der Waals surface area (Å²) in [5.41, 5.74) is 1.68. The Balaban J connectivity index is 2.25. The molecule has 0 aliphatic carbocycles. The molecule has 7 nitrogen and oxygen atoms in total. The molecule has 0 fully saturated rings. The molecule has 1 atom stereocenters. The van der Waals surface area contributed by atoms with Crippen molar-refractivity contribution in [3.63, 3.8) is 0 Å². The summed E-state index contributed by atoms with van der Waals surface area (Å²) in [4.78, 5) is 36.3. The first kappa shape index (κ1) is 14.8. The van der Waals surface area contributed by atoms with E-state index in [0.717, 1.165) is 5.69 Å². The lowest BCUT2D eigenvalue weighted by Crippen LogP contribution is -2.38. The minimum absolute atomic E-state index is 0.114. The Kier molecular flexibility index (Phi) is 4.11. The predicted molar refractivity (Wildman–Crippen MR) is 77.5 cm³/mol. The molecule has 0 bridgehead atoms. The fraction of sp³-hybridized carbons (Fsp3) is 0.357. The Hall–Kier alpha value is -2.57. The molecule has 112 valence electrons. The van der Waals surface area contributed by atoms with Crippen LogP contribution in [0.5, 0.6) is 0 Å². The lowest BCUT2D eigenvalue weighted by Gasteiger charge is -2.19. The number of benzene rings is 1. The maximum atomic E-state index is 12.0. The summed E-state index contributed by atoms with van der Waals surface area (Å²) in [5.74, 6) is -1.71. The number of aliphatic carboxylic acids is 1. The third-order valence-corrected chi connectivity index (χ3v) is 3.34. The standard InChI is InChI=1S/C14H17N3O4/c1-8(14(20)21)15-13(19)9-3-4-11-10(7-9)16-12(18)5-6-17(11)2/h3-4,7-8H,5-6H2,1-2H3,(H,15,19)(H,16,18)(H,20,21)/t8-/m0/s1. The largest absolute Gasteiger partial charge is 0.480 e. The molecule has 0 unspecified atom stereocenters. The van der Waals surface area contributed by atoms with Gasteiger partial charge in [0.05, 0.1) is 11.4 Å².